The van der Waals surface area contributed by atoms with Gasteiger partial charge in [-0.1, -0.05) is 17.7 Å². The van der Waals surface area contributed by atoms with E-state index in [4.69, 9.17) is 11.6 Å². The molecular weight excluding hydrogens is 347 g/mol. The molecule has 24 heavy (non-hydrogen) atoms. The van der Waals surface area contributed by atoms with Crippen molar-refractivity contribution in [1.29, 1.82) is 0 Å². The molecule has 9 heteroatoms. The number of halogens is 4. The minimum atomic E-state index is -4.69. The van der Waals surface area contributed by atoms with Crippen LogP contribution in [0.15, 0.2) is 23.0 Å². The zero-order valence-corrected chi connectivity index (χ0v) is 13.1. The fraction of sp³-hybridized carbons (Fsp3) is 0.333. The van der Waals surface area contributed by atoms with Gasteiger partial charge in [-0.25, -0.2) is 4.98 Å². The van der Waals surface area contributed by atoms with Crippen LogP contribution in [0.4, 0.5) is 13.2 Å². The summed E-state index contributed by atoms with van der Waals surface area (Å²) >= 11 is 5.85. The van der Waals surface area contributed by atoms with Gasteiger partial charge in [0.05, 0.1) is 10.7 Å². The van der Waals surface area contributed by atoms with Crippen LogP contribution in [0.3, 0.4) is 0 Å². The van der Waals surface area contributed by atoms with Gasteiger partial charge in [-0.05, 0) is 24.1 Å². The number of fused-ring (bicyclic) bond motifs is 1. The van der Waals surface area contributed by atoms with Crippen LogP contribution in [0.25, 0.3) is 0 Å². The number of benzene rings is 1. The second-order valence-corrected chi connectivity index (χ2v) is 5.99. The highest BCUT2D eigenvalue weighted by molar-refractivity contribution is 6.32. The third-order valence-electron chi connectivity index (χ3n) is 3.84. The third-order valence-corrected chi connectivity index (χ3v) is 4.14. The minimum Gasteiger partial charge on any atom is -0.506 e. The van der Waals surface area contributed by atoms with E-state index < -0.39 is 17.6 Å². The van der Waals surface area contributed by atoms with Gasteiger partial charge in [0.15, 0.2) is 0 Å². The maximum Gasteiger partial charge on any atom is 0.449 e. The third kappa shape index (κ3) is 3.39. The first-order valence-corrected chi connectivity index (χ1v) is 7.51. The molecule has 0 atom stereocenters. The van der Waals surface area contributed by atoms with E-state index in [1.54, 1.807) is 17.1 Å². The fourth-order valence-corrected chi connectivity index (χ4v) is 2.87. The van der Waals surface area contributed by atoms with Crippen molar-refractivity contribution in [3.63, 3.8) is 0 Å². The average molecular weight is 360 g/mol. The summed E-state index contributed by atoms with van der Waals surface area (Å²) in [6, 6.07) is 4.74. The zero-order valence-electron chi connectivity index (χ0n) is 12.3. The zero-order chi connectivity index (χ0) is 17.5. The molecule has 0 aliphatic carbocycles. The van der Waals surface area contributed by atoms with Gasteiger partial charge in [0, 0.05) is 25.2 Å². The summed E-state index contributed by atoms with van der Waals surface area (Å²) in [6.07, 6.45) is -4.37. The van der Waals surface area contributed by atoms with Crippen molar-refractivity contribution in [2.45, 2.75) is 25.7 Å². The Morgan fingerprint density at radius 2 is 2.12 bits per heavy atom. The number of phenolic OH excluding ortho intramolecular Hbond substituents is 1. The summed E-state index contributed by atoms with van der Waals surface area (Å²) in [4.78, 5) is 19.1. The number of alkyl halides is 3. The molecule has 1 aromatic heterocycles. The van der Waals surface area contributed by atoms with E-state index in [1.807, 2.05) is 4.90 Å². The molecule has 0 saturated carbocycles. The van der Waals surface area contributed by atoms with Gasteiger partial charge in [0.25, 0.3) is 5.56 Å². The molecule has 0 amide bonds. The Bertz CT molecular complexity index is 836. The van der Waals surface area contributed by atoms with Crippen molar-refractivity contribution in [2.75, 3.05) is 6.54 Å². The van der Waals surface area contributed by atoms with Gasteiger partial charge in [-0.3, -0.25) is 9.69 Å². The van der Waals surface area contributed by atoms with E-state index in [0.717, 1.165) is 5.56 Å². The first-order valence-electron chi connectivity index (χ1n) is 7.13. The number of aromatic hydroxyl groups is 1. The lowest BCUT2D eigenvalue weighted by molar-refractivity contribution is -0.145. The first-order chi connectivity index (χ1) is 11.2. The molecule has 0 bridgehead atoms. The number of hydrogen-bond donors (Lipinski definition) is 2. The molecule has 0 unspecified atom stereocenters. The molecule has 1 aliphatic rings. The van der Waals surface area contributed by atoms with Gasteiger partial charge >= 0.3 is 6.18 Å². The first kappa shape index (κ1) is 16.8. The van der Waals surface area contributed by atoms with Crippen LogP contribution in [0.1, 0.15) is 22.6 Å². The van der Waals surface area contributed by atoms with Crippen LogP contribution in [-0.4, -0.2) is 26.5 Å². The Labute approximate surface area is 139 Å². The van der Waals surface area contributed by atoms with Gasteiger partial charge in [-0.2, -0.15) is 13.2 Å². The molecule has 0 radical (unpaired) electrons. The predicted molar refractivity (Wildman–Crippen MR) is 80.8 cm³/mol. The Morgan fingerprint density at radius 3 is 2.79 bits per heavy atom. The predicted octanol–water partition coefficient (Wildman–Crippen LogP) is 2.71. The van der Waals surface area contributed by atoms with Crippen molar-refractivity contribution in [3.8, 4) is 5.75 Å². The molecule has 2 heterocycles. The molecule has 1 aliphatic heterocycles. The standard InChI is InChI=1S/C15H13ClF3N3O2/c16-10-5-8(1-2-12(10)23)6-22-4-3-9-11(7-22)20-14(15(17,18)19)21-13(9)24/h1-2,5,23H,3-4,6-7H2,(H,20,21,24). The van der Waals surface area contributed by atoms with Crippen molar-refractivity contribution in [2.24, 2.45) is 0 Å². The lowest BCUT2D eigenvalue weighted by atomic mass is 10.1. The van der Waals surface area contributed by atoms with E-state index in [1.165, 1.54) is 6.07 Å². The highest BCUT2D eigenvalue weighted by Gasteiger charge is 2.35. The number of rotatable bonds is 2. The van der Waals surface area contributed by atoms with Crippen molar-refractivity contribution < 1.29 is 18.3 Å². The minimum absolute atomic E-state index is 0.0348. The molecule has 128 valence electrons. The highest BCUT2D eigenvalue weighted by Crippen LogP contribution is 2.28. The SMILES string of the molecule is O=c1[nH]c(C(F)(F)F)nc2c1CCN(Cc1ccc(O)c(Cl)c1)C2. The van der Waals surface area contributed by atoms with Crippen molar-refractivity contribution in [1.82, 2.24) is 14.9 Å². The Balaban J connectivity index is 1.84. The average Bonchev–Trinajstić information content (AvgIpc) is 2.50. The van der Waals surface area contributed by atoms with Gasteiger partial charge in [0.1, 0.15) is 5.75 Å². The van der Waals surface area contributed by atoms with Crippen LogP contribution in [-0.2, 0) is 25.7 Å². The normalized spacial score (nSPS) is 15.3. The van der Waals surface area contributed by atoms with Crippen LogP contribution < -0.4 is 5.56 Å². The lowest BCUT2D eigenvalue weighted by Crippen LogP contribution is -2.36. The topological polar surface area (TPSA) is 69.2 Å². The number of nitrogens with one attached hydrogen (secondary N) is 1. The molecule has 0 saturated heterocycles. The largest absolute Gasteiger partial charge is 0.506 e. The monoisotopic (exact) mass is 359 g/mol. The van der Waals surface area contributed by atoms with E-state index in [-0.39, 0.29) is 23.0 Å². The maximum absolute atomic E-state index is 12.8. The van der Waals surface area contributed by atoms with Gasteiger partial charge in [0.2, 0.25) is 5.82 Å². The number of nitrogens with zero attached hydrogens (tertiary/aromatic N) is 2. The van der Waals surface area contributed by atoms with E-state index in [2.05, 4.69) is 4.98 Å². The van der Waals surface area contributed by atoms with E-state index in [9.17, 15) is 23.1 Å². The molecule has 3 rings (SSSR count). The second-order valence-electron chi connectivity index (χ2n) is 5.58. The van der Waals surface area contributed by atoms with Crippen LogP contribution >= 0.6 is 11.6 Å². The summed E-state index contributed by atoms with van der Waals surface area (Å²) < 4.78 is 38.3. The summed E-state index contributed by atoms with van der Waals surface area (Å²) in [7, 11) is 0. The maximum atomic E-state index is 12.8. The summed E-state index contributed by atoms with van der Waals surface area (Å²) in [5.74, 6) is -1.31. The Kier molecular flexibility index (Phi) is 4.27. The fourth-order valence-electron chi connectivity index (χ4n) is 2.67. The van der Waals surface area contributed by atoms with Gasteiger partial charge < -0.3 is 10.1 Å². The number of hydrogen-bond acceptors (Lipinski definition) is 4. The second kappa shape index (κ2) is 6.10. The summed E-state index contributed by atoms with van der Waals surface area (Å²) in [5, 5.41) is 9.62. The molecule has 2 aromatic rings. The molecule has 5 nitrogen and oxygen atoms in total. The van der Waals surface area contributed by atoms with Crippen molar-refractivity contribution in [3.05, 3.63) is 56.2 Å². The highest BCUT2D eigenvalue weighted by atomic mass is 35.5. The number of H-pyrrole nitrogens is 1. The Hall–Kier alpha value is -2.06. The Morgan fingerprint density at radius 1 is 1.38 bits per heavy atom. The van der Waals surface area contributed by atoms with E-state index in [0.29, 0.717) is 25.1 Å². The van der Waals surface area contributed by atoms with Crippen LogP contribution in [0.2, 0.25) is 5.02 Å². The molecule has 1 aromatic carbocycles. The number of aromatic amines is 1. The summed E-state index contributed by atoms with van der Waals surface area (Å²) in [5.41, 5.74) is 0.506. The van der Waals surface area contributed by atoms with Crippen LogP contribution in [0, 0.1) is 0 Å². The number of aromatic nitrogens is 2. The number of phenols is 1. The molecule has 0 spiro atoms. The summed E-state index contributed by atoms with van der Waals surface area (Å²) in [6.45, 7) is 1.08. The van der Waals surface area contributed by atoms with Crippen molar-refractivity contribution >= 4 is 11.6 Å². The molecular formula is C15H13ClF3N3O2. The van der Waals surface area contributed by atoms with Crippen LogP contribution in [0.5, 0.6) is 5.75 Å². The molecule has 2 N–H and O–H groups in total. The smallest absolute Gasteiger partial charge is 0.449 e. The quantitative estimate of drug-likeness (QED) is 0.865. The van der Waals surface area contributed by atoms with Gasteiger partial charge in [-0.15, -0.1) is 0 Å². The van der Waals surface area contributed by atoms with E-state index >= 15 is 0 Å². The molecule has 0 fully saturated rings. The lowest BCUT2D eigenvalue weighted by Gasteiger charge is -2.28.